The maximum Gasteiger partial charge on any atom is 0.220 e. The molecule has 2 rings (SSSR count). The van der Waals surface area contributed by atoms with Crippen LogP contribution in [-0.4, -0.2) is 140 Å². The summed E-state index contributed by atoms with van der Waals surface area (Å²) < 4.78 is 22.6. The smallest absolute Gasteiger partial charge is 0.220 e. The molecule has 14 nitrogen and oxygen atoms in total. The Bertz CT molecular complexity index is 1020. The minimum Gasteiger partial charge on any atom is -0.394 e. The minimum atomic E-state index is -1.78. The van der Waals surface area contributed by atoms with E-state index in [1.165, 1.54) is 89.9 Å². The van der Waals surface area contributed by atoms with E-state index in [-0.39, 0.29) is 18.9 Å². The van der Waals surface area contributed by atoms with Crippen molar-refractivity contribution in [3.05, 3.63) is 12.2 Å². The number of unbranched alkanes of at least 4 members (excludes halogenated alkanes) is 20. The third-order valence-corrected chi connectivity index (χ3v) is 11.2. The first kappa shape index (κ1) is 51.9. The van der Waals surface area contributed by atoms with Crippen molar-refractivity contribution < 1.29 is 64.6 Å². The summed E-state index contributed by atoms with van der Waals surface area (Å²) in [5, 5.41) is 86.2. The van der Waals surface area contributed by atoms with E-state index in [0.29, 0.717) is 6.42 Å². The van der Waals surface area contributed by atoms with Gasteiger partial charge in [0.15, 0.2) is 12.6 Å². The molecule has 2 saturated heterocycles. The van der Waals surface area contributed by atoms with Gasteiger partial charge in [-0.25, -0.2) is 0 Å². The highest BCUT2D eigenvalue weighted by atomic mass is 16.7. The summed E-state index contributed by atoms with van der Waals surface area (Å²) >= 11 is 0. The molecule has 14 heteroatoms. The second-order valence-electron chi connectivity index (χ2n) is 16.2. The molecule has 57 heavy (non-hydrogen) atoms. The van der Waals surface area contributed by atoms with Crippen LogP contribution in [0.5, 0.6) is 0 Å². The predicted octanol–water partition coefficient (Wildman–Crippen LogP) is 4.04. The minimum absolute atomic E-state index is 0.243. The average molecular weight is 820 g/mol. The van der Waals surface area contributed by atoms with Gasteiger partial charge < -0.3 is 65.1 Å². The first-order chi connectivity index (χ1) is 27.6. The quantitative estimate of drug-likeness (QED) is 0.0337. The summed E-state index contributed by atoms with van der Waals surface area (Å²) in [5.74, 6) is -0.243. The maximum absolute atomic E-state index is 13.1. The number of allylic oxidation sites excluding steroid dienone is 1. The van der Waals surface area contributed by atoms with E-state index in [0.717, 1.165) is 44.9 Å². The summed E-state index contributed by atoms with van der Waals surface area (Å²) in [6.07, 6.45) is 12.8. The van der Waals surface area contributed by atoms with Crippen molar-refractivity contribution in [2.24, 2.45) is 0 Å². The van der Waals surface area contributed by atoms with Gasteiger partial charge >= 0.3 is 0 Å². The molecule has 0 radical (unpaired) electrons. The lowest BCUT2D eigenvalue weighted by Crippen LogP contribution is -2.65. The molecule has 2 aliphatic heterocycles. The first-order valence-corrected chi connectivity index (χ1v) is 22.4. The molecule has 0 aromatic heterocycles. The van der Waals surface area contributed by atoms with Gasteiger partial charge in [-0.15, -0.1) is 0 Å². The Morgan fingerprint density at radius 1 is 0.614 bits per heavy atom. The van der Waals surface area contributed by atoms with Crippen LogP contribution in [-0.2, 0) is 23.7 Å². The summed E-state index contributed by atoms with van der Waals surface area (Å²) in [4.78, 5) is 13.1. The van der Waals surface area contributed by atoms with E-state index in [1.54, 1.807) is 6.08 Å². The number of nitrogens with one attached hydrogen (secondary N) is 1. The Labute approximate surface area is 342 Å². The van der Waals surface area contributed by atoms with Crippen LogP contribution < -0.4 is 5.32 Å². The molecule has 0 bridgehead atoms. The fourth-order valence-electron chi connectivity index (χ4n) is 7.47. The lowest BCUT2D eigenvalue weighted by atomic mass is 9.97. The summed E-state index contributed by atoms with van der Waals surface area (Å²) in [7, 11) is 0. The fraction of sp³-hybridized carbons (Fsp3) is 0.930. The van der Waals surface area contributed by atoms with E-state index < -0.39 is 86.8 Å². The Morgan fingerprint density at radius 3 is 1.61 bits per heavy atom. The molecule has 12 atom stereocenters. The highest BCUT2D eigenvalue weighted by Gasteiger charge is 2.50. The van der Waals surface area contributed by atoms with Crippen molar-refractivity contribution in [1.29, 1.82) is 0 Å². The van der Waals surface area contributed by atoms with E-state index >= 15 is 0 Å². The van der Waals surface area contributed by atoms with Crippen molar-refractivity contribution in [2.45, 2.75) is 235 Å². The number of ether oxygens (including phenoxy) is 4. The molecule has 0 saturated carbocycles. The number of aliphatic hydroxyl groups is 8. The van der Waals surface area contributed by atoms with Crippen LogP contribution in [0.3, 0.4) is 0 Å². The third-order valence-electron chi connectivity index (χ3n) is 11.2. The standard InChI is InChI=1S/C43H81NO13/c1-3-5-7-9-11-13-14-15-16-17-18-19-21-23-25-27-35(48)44-31(32(47)26-24-22-20-12-10-8-6-4-2)30-54-42-40(53)38(51)41(34(29-46)56-42)57-43-39(52)37(50)36(49)33(28-45)55-43/h24,26,31-34,36-43,45-47,49-53H,3-23,25,27-30H2,1-2H3,(H,44,48)/b26-24+. The van der Waals surface area contributed by atoms with Gasteiger partial charge in [-0.1, -0.05) is 148 Å². The molecule has 12 unspecified atom stereocenters. The van der Waals surface area contributed by atoms with E-state index in [1.807, 2.05) is 6.08 Å². The molecular formula is C43H81NO13. The second kappa shape index (κ2) is 31.6. The molecule has 336 valence electrons. The monoisotopic (exact) mass is 820 g/mol. The van der Waals surface area contributed by atoms with Crippen LogP contribution in [0.15, 0.2) is 12.2 Å². The van der Waals surface area contributed by atoms with Crippen molar-refractivity contribution >= 4 is 5.91 Å². The number of hydrogen-bond donors (Lipinski definition) is 9. The Balaban J connectivity index is 1.87. The van der Waals surface area contributed by atoms with Crippen LogP contribution in [0.25, 0.3) is 0 Å². The van der Waals surface area contributed by atoms with Crippen LogP contribution in [0.4, 0.5) is 0 Å². The molecule has 0 aromatic rings. The van der Waals surface area contributed by atoms with Gasteiger partial charge in [0.1, 0.15) is 48.8 Å². The number of carbonyl (C=O) groups is 1. The topological polar surface area (TPSA) is 228 Å². The van der Waals surface area contributed by atoms with Gasteiger partial charge in [-0.3, -0.25) is 4.79 Å². The Kier molecular flexibility index (Phi) is 28.7. The molecule has 0 aliphatic carbocycles. The van der Waals surface area contributed by atoms with Crippen molar-refractivity contribution in [3.63, 3.8) is 0 Å². The number of amides is 1. The summed E-state index contributed by atoms with van der Waals surface area (Å²) in [6, 6.07) is -0.904. The molecule has 9 N–H and O–H groups in total. The van der Waals surface area contributed by atoms with Crippen LogP contribution in [0.1, 0.15) is 162 Å². The molecule has 2 fully saturated rings. The summed E-state index contributed by atoms with van der Waals surface area (Å²) in [6.45, 7) is 2.72. The zero-order valence-corrected chi connectivity index (χ0v) is 35.1. The van der Waals surface area contributed by atoms with Crippen LogP contribution >= 0.6 is 0 Å². The molecule has 2 heterocycles. The van der Waals surface area contributed by atoms with Gasteiger partial charge in [0.2, 0.25) is 5.91 Å². The van der Waals surface area contributed by atoms with Crippen molar-refractivity contribution in [2.75, 3.05) is 19.8 Å². The average Bonchev–Trinajstić information content (AvgIpc) is 3.21. The van der Waals surface area contributed by atoms with Gasteiger partial charge in [-0.05, 0) is 19.3 Å². The van der Waals surface area contributed by atoms with E-state index in [4.69, 9.17) is 18.9 Å². The highest BCUT2D eigenvalue weighted by molar-refractivity contribution is 5.76. The van der Waals surface area contributed by atoms with E-state index in [9.17, 15) is 45.6 Å². The van der Waals surface area contributed by atoms with Crippen molar-refractivity contribution in [1.82, 2.24) is 5.32 Å². The molecule has 0 spiro atoms. The zero-order chi connectivity index (χ0) is 41.8. The van der Waals surface area contributed by atoms with Crippen LogP contribution in [0.2, 0.25) is 0 Å². The molecule has 2 aliphatic rings. The Morgan fingerprint density at radius 2 is 1.09 bits per heavy atom. The third kappa shape index (κ3) is 20.2. The van der Waals surface area contributed by atoms with Gasteiger partial charge in [0.05, 0.1) is 32.0 Å². The SMILES string of the molecule is CCCCCCCC/C=C/C(O)C(COC1OC(CO)C(OC2OC(CO)C(O)C(O)C2O)C(O)C1O)NC(=O)CCCCCCCCCCCCCCCCC. The first-order valence-electron chi connectivity index (χ1n) is 22.4. The van der Waals surface area contributed by atoms with Gasteiger partial charge in [-0.2, -0.15) is 0 Å². The zero-order valence-electron chi connectivity index (χ0n) is 35.1. The maximum atomic E-state index is 13.1. The molecule has 0 aromatic carbocycles. The number of rotatable bonds is 33. The van der Waals surface area contributed by atoms with E-state index in [2.05, 4.69) is 19.2 Å². The second-order valence-corrected chi connectivity index (χ2v) is 16.2. The number of aliphatic hydroxyl groups excluding tert-OH is 8. The highest BCUT2D eigenvalue weighted by Crippen LogP contribution is 2.30. The lowest BCUT2D eigenvalue weighted by molar-refractivity contribution is -0.359. The number of hydrogen-bond acceptors (Lipinski definition) is 13. The summed E-state index contributed by atoms with van der Waals surface area (Å²) in [5.41, 5.74) is 0. The largest absolute Gasteiger partial charge is 0.394 e. The predicted molar refractivity (Wildman–Crippen MR) is 217 cm³/mol. The van der Waals surface area contributed by atoms with Crippen molar-refractivity contribution in [3.8, 4) is 0 Å². The lowest BCUT2D eigenvalue weighted by Gasteiger charge is -2.46. The van der Waals surface area contributed by atoms with Gasteiger partial charge in [0, 0.05) is 6.42 Å². The molecular weight excluding hydrogens is 738 g/mol. The Hall–Kier alpha value is -1.27. The van der Waals surface area contributed by atoms with Crippen LogP contribution in [0, 0.1) is 0 Å². The number of carbonyl (C=O) groups excluding carboxylic acids is 1. The van der Waals surface area contributed by atoms with Gasteiger partial charge in [0.25, 0.3) is 0 Å². The fourth-order valence-corrected chi connectivity index (χ4v) is 7.47. The normalized spacial score (nSPS) is 29.2. The molecule has 1 amide bonds.